The molecule has 2 rings (SSSR count). The van der Waals surface area contributed by atoms with Crippen LogP contribution in [0.4, 0.5) is 5.82 Å². The van der Waals surface area contributed by atoms with Gasteiger partial charge in [-0.05, 0) is 0 Å². The van der Waals surface area contributed by atoms with E-state index in [4.69, 9.17) is 5.11 Å². The van der Waals surface area contributed by atoms with Crippen LogP contribution in [0, 0.1) is 0 Å². The average molecular weight is 241 g/mol. The number of hydrogen-bond donors (Lipinski definition) is 1. The fourth-order valence-corrected chi connectivity index (χ4v) is 2.51. The highest BCUT2D eigenvalue weighted by Gasteiger charge is 2.17. The molecule has 1 aliphatic heterocycles. The first-order chi connectivity index (χ1) is 7.66. The lowest BCUT2D eigenvalue weighted by Crippen LogP contribution is -2.38. The van der Waals surface area contributed by atoms with Crippen LogP contribution in [0.3, 0.4) is 0 Å². The summed E-state index contributed by atoms with van der Waals surface area (Å²) in [5, 5.41) is 8.66. The summed E-state index contributed by atoms with van der Waals surface area (Å²) >= 11 is 0. The number of aromatic nitrogens is 2. The molecule has 1 aliphatic rings. The van der Waals surface area contributed by atoms with E-state index in [0.29, 0.717) is 30.4 Å². The molecular formula is C9H11N3O3S. The molecule has 1 N–H and O–H groups in total. The van der Waals surface area contributed by atoms with Crippen LogP contribution < -0.4 is 4.90 Å². The maximum atomic E-state index is 11.2. The van der Waals surface area contributed by atoms with Gasteiger partial charge in [0.25, 0.3) is 0 Å². The summed E-state index contributed by atoms with van der Waals surface area (Å²) in [6.07, 6.45) is 2.68. The van der Waals surface area contributed by atoms with Gasteiger partial charge in [0, 0.05) is 35.4 Å². The lowest BCUT2D eigenvalue weighted by molar-refractivity contribution is 0.0690. The highest BCUT2D eigenvalue weighted by atomic mass is 32.2. The second-order valence-electron chi connectivity index (χ2n) is 3.40. The normalized spacial score (nSPS) is 17.4. The van der Waals surface area contributed by atoms with Crippen molar-refractivity contribution in [1.82, 2.24) is 9.97 Å². The molecule has 0 saturated carbocycles. The number of carbonyl (C=O) groups is 1. The van der Waals surface area contributed by atoms with Crippen molar-refractivity contribution >= 4 is 22.6 Å². The number of carboxylic acid groups (broad SMARTS) is 1. The lowest BCUT2D eigenvalue weighted by atomic mass is 10.4. The SMILES string of the molecule is O=C(O)c1cnc(N2CCS(=O)CC2)cn1. The fourth-order valence-electron chi connectivity index (χ4n) is 1.46. The Hall–Kier alpha value is -1.50. The Labute approximate surface area is 94.8 Å². The molecule has 7 heteroatoms. The molecule has 1 aromatic heterocycles. The number of nitrogens with zero attached hydrogens (tertiary/aromatic N) is 3. The Morgan fingerprint density at radius 3 is 2.50 bits per heavy atom. The average Bonchev–Trinajstić information content (AvgIpc) is 2.30. The third-order valence-corrected chi connectivity index (χ3v) is 3.63. The summed E-state index contributed by atoms with van der Waals surface area (Å²) in [4.78, 5) is 20.4. The van der Waals surface area contributed by atoms with Gasteiger partial charge in [0.15, 0.2) is 5.69 Å². The van der Waals surface area contributed by atoms with E-state index in [1.807, 2.05) is 4.90 Å². The molecule has 1 saturated heterocycles. The van der Waals surface area contributed by atoms with Crippen molar-refractivity contribution in [2.24, 2.45) is 0 Å². The van der Waals surface area contributed by atoms with Gasteiger partial charge in [0.2, 0.25) is 0 Å². The molecule has 0 amide bonds. The molecule has 16 heavy (non-hydrogen) atoms. The number of carboxylic acids is 1. The maximum Gasteiger partial charge on any atom is 0.356 e. The van der Waals surface area contributed by atoms with E-state index >= 15 is 0 Å². The van der Waals surface area contributed by atoms with E-state index in [0.717, 1.165) is 0 Å². The van der Waals surface area contributed by atoms with E-state index in [2.05, 4.69) is 9.97 Å². The van der Waals surface area contributed by atoms with Gasteiger partial charge in [0.05, 0.1) is 12.4 Å². The van der Waals surface area contributed by atoms with Gasteiger partial charge in [-0.25, -0.2) is 14.8 Å². The summed E-state index contributed by atoms with van der Waals surface area (Å²) in [5.74, 6) is 0.811. The highest BCUT2D eigenvalue weighted by Crippen LogP contribution is 2.11. The minimum Gasteiger partial charge on any atom is -0.476 e. The Morgan fingerprint density at radius 1 is 1.31 bits per heavy atom. The Bertz CT molecular complexity index is 411. The molecule has 0 radical (unpaired) electrons. The first-order valence-electron chi connectivity index (χ1n) is 4.82. The van der Waals surface area contributed by atoms with Crippen molar-refractivity contribution in [2.75, 3.05) is 29.5 Å². The lowest BCUT2D eigenvalue weighted by Gasteiger charge is -2.26. The molecule has 86 valence electrons. The van der Waals surface area contributed by atoms with Gasteiger partial charge in [-0.1, -0.05) is 0 Å². The van der Waals surface area contributed by atoms with Crippen molar-refractivity contribution in [2.45, 2.75) is 0 Å². The van der Waals surface area contributed by atoms with Crippen molar-refractivity contribution < 1.29 is 14.1 Å². The monoisotopic (exact) mass is 241 g/mol. The van der Waals surface area contributed by atoms with Crippen molar-refractivity contribution in [3.05, 3.63) is 18.1 Å². The van der Waals surface area contributed by atoms with Crippen LogP contribution in [0.25, 0.3) is 0 Å². The van der Waals surface area contributed by atoms with E-state index in [1.165, 1.54) is 12.4 Å². The van der Waals surface area contributed by atoms with Crippen molar-refractivity contribution in [1.29, 1.82) is 0 Å². The van der Waals surface area contributed by atoms with Crippen molar-refractivity contribution in [3.8, 4) is 0 Å². The second kappa shape index (κ2) is 4.56. The van der Waals surface area contributed by atoms with Crippen molar-refractivity contribution in [3.63, 3.8) is 0 Å². The predicted molar refractivity (Wildman–Crippen MR) is 59.1 cm³/mol. The summed E-state index contributed by atoms with van der Waals surface area (Å²) in [5.41, 5.74) is -0.0654. The maximum absolute atomic E-state index is 11.2. The molecule has 0 spiro atoms. The molecule has 0 unspecified atom stereocenters. The van der Waals surface area contributed by atoms with Gasteiger partial charge in [-0.15, -0.1) is 0 Å². The molecule has 1 fully saturated rings. The minimum atomic E-state index is -1.08. The Morgan fingerprint density at radius 2 is 2.00 bits per heavy atom. The number of aromatic carboxylic acids is 1. The minimum absolute atomic E-state index is 0.0654. The van der Waals surface area contributed by atoms with Crippen LogP contribution >= 0.6 is 0 Å². The van der Waals surface area contributed by atoms with Gasteiger partial charge in [-0.2, -0.15) is 0 Å². The van der Waals surface area contributed by atoms with Crippen LogP contribution in [0.15, 0.2) is 12.4 Å². The molecule has 2 heterocycles. The number of anilines is 1. The molecule has 6 nitrogen and oxygen atoms in total. The van der Waals surface area contributed by atoms with Gasteiger partial charge in [-0.3, -0.25) is 4.21 Å². The number of rotatable bonds is 2. The summed E-state index contributed by atoms with van der Waals surface area (Å²) in [6.45, 7) is 1.35. The Balaban J connectivity index is 2.10. The summed E-state index contributed by atoms with van der Waals surface area (Å²) in [7, 11) is -0.730. The third-order valence-electron chi connectivity index (χ3n) is 2.36. The summed E-state index contributed by atoms with van der Waals surface area (Å²) < 4.78 is 11.2. The van der Waals surface area contributed by atoms with Gasteiger partial charge in [0.1, 0.15) is 5.82 Å². The van der Waals surface area contributed by atoms with Crippen LogP contribution in [0.5, 0.6) is 0 Å². The van der Waals surface area contributed by atoms with E-state index in [-0.39, 0.29) is 5.69 Å². The molecule has 0 aliphatic carbocycles. The summed E-state index contributed by atoms with van der Waals surface area (Å²) in [6, 6.07) is 0. The first kappa shape index (κ1) is 11.0. The molecule has 0 atom stereocenters. The van der Waals surface area contributed by atoms with E-state index < -0.39 is 16.8 Å². The Kier molecular flexibility index (Phi) is 3.14. The molecule has 0 bridgehead atoms. The number of hydrogen-bond acceptors (Lipinski definition) is 5. The van der Waals surface area contributed by atoms with Gasteiger partial charge >= 0.3 is 5.97 Å². The molecule has 1 aromatic rings. The quantitative estimate of drug-likeness (QED) is 0.768. The molecular weight excluding hydrogens is 230 g/mol. The van der Waals surface area contributed by atoms with E-state index in [1.54, 1.807) is 0 Å². The predicted octanol–water partition coefficient (Wildman–Crippen LogP) is -0.257. The highest BCUT2D eigenvalue weighted by molar-refractivity contribution is 7.85. The van der Waals surface area contributed by atoms with Crippen LogP contribution in [0.2, 0.25) is 0 Å². The van der Waals surface area contributed by atoms with Crippen LogP contribution in [0.1, 0.15) is 10.5 Å². The molecule has 0 aromatic carbocycles. The van der Waals surface area contributed by atoms with E-state index in [9.17, 15) is 9.00 Å². The topological polar surface area (TPSA) is 83.4 Å². The standard InChI is InChI=1S/C9H11N3O3S/c13-9(14)7-5-11-8(6-10-7)12-1-3-16(15)4-2-12/h5-6H,1-4H2,(H,13,14). The van der Waals surface area contributed by atoms with Crippen LogP contribution in [-0.2, 0) is 10.8 Å². The van der Waals surface area contributed by atoms with Gasteiger partial charge < -0.3 is 10.0 Å². The first-order valence-corrected chi connectivity index (χ1v) is 6.31. The third kappa shape index (κ3) is 2.35. The zero-order chi connectivity index (χ0) is 11.5. The van der Waals surface area contributed by atoms with Crippen LogP contribution in [-0.4, -0.2) is 49.8 Å². The smallest absolute Gasteiger partial charge is 0.356 e. The zero-order valence-electron chi connectivity index (χ0n) is 8.50. The zero-order valence-corrected chi connectivity index (χ0v) is 9.31. The second-order valence-corrected chi connectivity index (χ2v) is 5.10. The fraction of sp³-hybridized carbons (Fsp3) is 0.444. The largest absolute Gasteiger partial charge is 0.476 e.